The highest BCUT2D eigenvalue weighted by Crippen LogP contribution is 2.30. The van der Waals surface area contributed by atoms with E-state index in [9.17, 15) is 13.6 Å². The molecule has 5 nitrogen and oxygen atoms in total. The van der Waals surface area contributed by atoms with Gasteiger partial charge in [0.15, 0.2) is 5.65 Å². The van der Waals surface area contributed by atoms with Crippen molar-refractivity contribution in [2.45, 2.75) is 18.8 Å². The number of piperidine rings is 1. The number of halogens is 2. The fourth-order valence-corrected chi connectivity index (χ4v) is 3.44. The number of fused-ring (bicyclic) bond motifs is 1. The van der Waals surface area contributed by atoms with E-state index < -0.39 is 11.6 Å². The number of benzene rings is 1. The molecule has 1 aliphatic rings. The number of hydrogen-bond acceptors (Lipinski definition) is 3. The summed E-state index contributed by atoms with van der Waals surface area (Å²) in [6.07, 6.45) is 3.41. The summed E-state index contributed by atoms with van der Waals surface area (Å²) in [7, 11) is 0. The van der Waals surface area contributed by atoms with Crippen LogP contribution in [0.3, 0.4) is 0 Å². The van der Waals surface area contributed by atoms with Gasteiger partial charge in [0, 0.05) is 47.9 Å². The van der Waals surface area contributed by atoms with Crippen molar-refractivity contribution in [3.05, 3.63) is 59.4 Å². The molecule has 1 atom stereocenters. The fourth-order valence-electron chi connectivity index (χ4n) is 3.44. The summed E-state index contributed by atoms with van der Waals surface area (Å²) in [5, 5.41) is 8.18. The minimum absolute atomic E-state index is 0.0364. The van der Waals surface area contributed by atoms with Crippen LogP contribution in [0.5, 0.6) is 0 Å². The van der Waals surface area contributed by atoms with Gasteiger partial charge in [-0.25, -0.2) is 13.8 Å². The Morgan fingerprint density at radius 2 is 2.04 bits per heavy atom. The van der Waals surface area contributed by atoms with Crippen molar-refractivity contribution in [3.8, 4) is 0 Å². The van der Waals surface area contributed by atoms with E-state index in [1.54, 1.807) is 11.1 Å². The van der Waals surface area contributed by atoms with Gasteiger partial charge in [-0.15, -0.1) is 0 Å². The third kappa shape index (κ3) is 2.97. The normalized spacial score (nSPS) is 17.8. The summed E-state index contributed by atoms with van der Waals surface area (Å²) in [5.74, 6) is -1.76. The second-order valence-electron chi connectivity index (χ2n) is 6.26. The summed E-state index contributed by atoms with van der Waals surface area (Å²) in [5.41, 5.74) is 1.63. The van der Waals surface area contributed by atoms with Crippen LogP contribution < -0.4 is 0 Å². The smallest absolute Gasteiger partial charge is 0.254 e. The molecule has 128 valence electrons. The standard InChI is InChI=1S/C18H16F2N4O/c19-13-7-12(8-14(20)9-13)18(25)24-6-2-3-11(10-24)16-15-4-1-5-21-17(15)23-22-16/h1,4-5,7-9,11H,2-3,6,10H2,(H,21,22,23)/t11-/m1/s1. The molecular weight excluding hydrogens is 326 g/mol. The predicted molar refractivity (Wildman–Crippen MR) is 88.1 cm³/mol. The Hall–Kier alpha value is -2.83. The maximum absolute atomic E-state index is 13.4. The minimum Gasteiger partial charge on any atom is -0.338 e. The van der Waals surface area contributed by atoms with Crippen molar-refractivity contribution in [2.24, 2.45) is 0 Å². The number of nitrogens with one attached hydrogen (secondary N) is 1. The maximum Gasteiger partial charge on any atom is 0.254 e. The fraction of sp³-hybridized carbons (Fsp3) is 0.278. The van der Waals surface area contributed by atoms with Crippen LogP contribution in [0.25, 0.3) is 11.0 Å². The van der Waals surface area contributed by atoms with E-state index in [4.69, 9.17) is 0 Å². The zero-order valence-electron chi connectivity index (χ0n) is 13.4. The molecule has 1 fully saturated rings. The van der Waals surface area contributed by atoms with Gasteiger partial charge in [-0.3, -0.25) is 9.89 Å². The first-order valence-electron chi connectivity index (χ1n) is 8.16. The summed E-state index contributed by atoms with van der Waals surface area (Å²) in [6, 6.07) is 6.71. The monoisotopic (exact) mass is 342 g/mol. The number of carbonyl (C=O) groups excluding carboxylic acids is 1. The molecule has 0 unspecified atom stereocenters. The number of aromatic amines is 1. The Bertz CT molecular complexity index is 919. The summed E-state index contributed by atoms with van der Waals surface area (Å²) in [6.45, 7) is 1.04. The summed E-state index contributed by atoms with van der Waals surface area (Å²) in [4.78, 5) is 18.5. The Morgan fingerprint density at radius 1 is 1.24 bits per heavy atom. The van der Waals surface area contributed by atoms with Gasteiger partial charge in [-0.2, -0.15) is 5.10 Å². The first kappa shape index (κ1) is 15.7. The highest BCUT2D eigenvalue weighted by Gasteiger charge is 2.28. The second kappa shape index (κ2) is 6.23. The van der Waals surface area contributed by atoms with Crippen LogP contribution in [0.4, 0.5) is 8.78 Å². The lowest BCUT2D eigenvalue weighted by Gasteiger charge is -2.32. The van der Waals surface area contributed by atoms with Crippen molar-refractivity contribution >= 4 is 16.9 Å². The largest absolute Gasteiger partial charge is 0.338 e. The average Bonchev–Trinajstić information content (AvgIpc) is 3.04. The average molecular weight is 342 g/mol. The van der Waals surface area contributed by atoms with Gasteiger partial charge in [0.2, 0.25) is 0 Å². The molecule has 0 aliphatic carbocycles. The molecule has 3 heterocycles. The number of rotatable bonds is 2. The first-order valence-corrected chi connectivity index (χ1v) is 8.16. The molecule has 0 spiro atoms. The molecule has 1 amide bonds. The Labute approximate surface area is 142 Å². The van der Waals surface area contributed by atoms with Crippen molar-refractivity contribution in [2.75, 3.05) is 13.1 Å². The molecule has 1 aromatic carbocycles. The zero-order chi connectivity index (χ0) is 17.4. The van der Waals surface area contributed by atoms with Crippen molar-refractivity contribution in [1.82, 2.24) is 20.1 Å². The van der Waals surface area contributed by atoms with Crippen LogP contribution in [0.15, 0.2) is 36.5 Å². The molecule has 0 bridgehead atoms. The van der Waals surface area contributed by atoms with Crippen LogP contribution in [0.2, 0.25) is 0 Å². The lowest BCUT2D eigenvalue weighted by Crippen LogP contribution is -2.39. The van der Waals surface area contributed by atoms with Gasteiger partial charge in [0.05, 0.1) is 0 Å². The molecule has 1 N–H and O–H groups in total. The number of amides is 1. The van der Waals surface area contributed by atoms with Crippen LogP contribution in [-0.4, -0.2) is 39.1 Å². The molecule has 4 rings (SSSR count). The Kier molecular flexibility index (Phi) is 3.91. The van der Waals surface area contributed by atoms with Crippen LogP contribution in [0, 0.1) is 11.6 Å². The van der Waals surface area contributed by atoms with Gasteiger partial charge in [0.25, 0.3) is 5.91 Å². The van der Waals surface area contributed by atoms with E-state index in [1.807, 2.05) is 12.1 Å². The number of nitrogens with zero attached hydrogens (tertiary/aromatic N) is 3. The van der Waals surface area contributed by atoms with Crippen molar-refractivity contribution in [3.63, 3.8) is 0 Å². The zero-order valence-corrected chi connectivity index (χ0v) is 13.4. The topological polar surface area (TPSA) is 61.9 Å². The van der Waals surface area contributed by atoms with Gasteiger partial charge >= 0.3 is 0 Å². The number of carbonyl (C=O) groups is 1. The number of aromatic nitrogens is 3. The molecule has 0 radical (unpaired) electrons. The lowest BCUT2D eigenvalue weighted by molar-refractivity contribution is 0.0705. The third-order valence-corrected chi connectivity index (χ3v) is 4.59. The molecule has 1 aliphatic heterocycles. The molecule has 2 aromatic heterocycles. The summed E-state index contributed by atoms with van der Waals surface area (Å²) < 4.78 is 26.8. The number of pyridine rings is 1. The van der Waals surface area contributed by atoms with Crippen LogP contribution in [0.1, 0.15) is 34.8 Å². The van der Waals surface area contributed by atoms with Crippen LogP contribution in [-0.2, 0) is 0 Å². The minimum atomic E-state index is -0.748. The predicted octanol–water partition coefficient (Wildman–Crippen LogP) is 3.26. The quantitative estimate of drug-likeness (QED) is 0.778. The number of hydrogen-bond donors (Lipinski definition) is 1. The van der Waals surface area contributed by atoms with Crippen molar-refractivity contribution < 1.29 is 13.6 Å². The van der Waals surface area contributed by atoms with Gasteiger partial charge in [-0.1, -0.05) is 0 Å². The van der Waals surface area contributed by atoms with E-state index in [2.05, 4.69) is 15.2 Å². The van der Waals surface area contributed by atoms with E-state index in [1.165, 1.54) is 0 Å². The maximum atomic E-state index is 13.4. The lowest BCUT2D eigenvalue weighted by atomic mass is 9.93. The molecule has 1 saturated heterocycles. The molecule has 7 heteroatoms. The Balaban J connectivity index is 1.59. The van der Waals surface area contributed by atoms with E-state index in [0.717, 1.165) is 42.1 Å². The molecule has 3 aromatic rings. The SMILES string of the molecule is O=C(c1cc(F)cc(F)c1)N1CCC[C@@H](c2[nH]nc3ncccc23)C1. The molecule has 0 saturated carbocycles. The van der Waals surface area contributed by atoms with Crippen LogP contribution >= 0.6 is 0 Å². The molecular formula is C18H16F2N4O. The summed E-state index contributed by atoms with van der Waals surface area (Å²) >= 11 is 0. The first-order chi connectivity index (χ1) is 12.1. The van der Waals surface area contributed by atoms with E-state index in [0.29, 0.717) is 18.7 Å². The number of likely N-dealkylation sites (tertiary alicyclic amines) is 1. The highest BCUT2D eigenvalue weighted by atomic mass is 19.1. The van der Waals surface area contributed by atoms with Gasteiger partial charge < -0.3 is 4.90 Å². The second-order valence-corrected chi connectivity index (χ2v) is 6.26. The highest BCUT2D eigenvalue weighted by molar-refractivity contribution is 5.94. The third-order valence-electron chi connectivity index (χ3n) is 4.59. The van der Waals surface area contributed by atoms with Gasteiger partial charge in [-0.05, 0) is 37.1 Å². The van der Waals surface area contributed by atoms with E-state index >= 15 is 0 Å². The van der Waals surface area contributed by atoms with E-state index in [-0.39, 0.29) is 17.4 Å². The van der Waals surface area contributed by atoms with Crippen molar-refractivity contribution in [1.29, 1.82) is 0 Å². The Morgan fingerprint density at radius 3 is 2.84 bits per heavy atom. The number of H-pyrrole nitrogens is 1. The van der Waals surface area contributed by atoms with Gasteiger partial charge in [0.1, 0.15) is 11.6 Å². The molecule has 25 heavy (non-hydrogen) atoms.